The Hall–Kier alpha value is -1.56. The van der Waals surface area contributed by atoms with E-state index < -0.39 is 5.54 Å². The van der Waals surface area contributed by atoms with E-state index in [-0.39, 0.29) is 12.6 Å². The lowest BCUT2D eigenvalue weighted by Gasteiger charge is -2.28. The molecule has 1 heterocycles. The van der Waals surface area contributed by atoms with Gasteiger partial charge in [-0.3, -0.25) is 4.68 Å². The van der Waals surface area contributed by atoms with E-state index in [0.717, 1.165) is 42.6 Å². The second-order valence-corrected chi connectivity index (χ2v) is 6.36. The Balaban J connectivity index is 1.99. The summed E-state index contributed by atoms with van der Waals surface area (Å²) in [7, 11) is 1.94. The minimum Gasteiger partial charge on any atom is -0.394 e. The van der Waals surface area contributed by atoms with Crippen LogP contribution in [-0.4, -0.2) is 33.1 Å². The van der Waals surface area contributed by atoms with Crippen molar-refractivity contribution in [1.82, 2.24) is 20.4 Å². The highest BCUT2D eigenvalue weighted by atomic mass is 16.3. The van der Waals surface area contributed by atoms with Gasteiger partial charge in [-0.25, -0.2) is 4.79 Å². The second-order valence-electron chi connectivity index (χ2n) is 6.36. The molecule has 2 amide bonds. The van der Waals surface area contributed by atoms with Gasteiger partial charge in [-0.2, -0.15) is 5.10 Å². The van der Waals surface area contributed by atoms with Crippen LogP contribution in [0.25, 0.3) is 0 Å². The monoisotopic (exact) mass is 308 g/mol. The van der Waals surface area contributed by atoms with Crippen LogP contribution in [0.2, 0.25) is 0 Å². The topological polar surface area (TPSA) is 79.2 Å². The van der Waals surface area contributed by atoms with Crippen LogP contribution in [0.3, 0.4) is 0 Å². The van der Waals surface area contributed by atoms with E-state index in [1.54, 1.807) is 0 Å². The first kappa shape index (κ1) is 16.8. The molecule has 6 heteroatoms. The van der Waals surface area contributed by atoms with Crippen molar-refractivity contribution in [2.75, 3.05) is 6.61 Å². The summed E-state index contributed by atoms with van der Waals surface area (Å²) in [5.41, 5.74) is 2.79. The lowest BCUT2D eigenvalue weighted by molar-refractivity contribution is 0.155. The molecule has 1 aliphatic carbocycles. The number of aromatic nitrogens is 2. The molecule has 1 aliphatic rings. The normalized spacial score (nSPS) is 17.1. The summed E-state index contributed by atoms with van der Waals surface area (Å²) in [6.07, 6.45) is 3.88. The van der Waals surface area contributed by atoms with Crippen LogP contribution in [0.4, 0.5) is 4.79 Å². The zero-order chi connectivity index (χ0) is 16.3. The summed E-state index contributed by atoms with van der Waals surface area (Å²) in [4.78, 5) is 12.2. The number of aliphatic hydroxyl groups excluding tert-OH is 1. The molecular weight excluding hydrogens is 280 g/mol. The number of nitrogens with one attached hydrogen (secondary N) is 2. The molecule has 22 heavy (non-hydrogen) atoms. The van der Waals surface area contributed by atoms with Crippen LogP contribution in [0.1, 0.15) is 50.6 Å². The molecule has 0 aliphatic heterocycles. The van der Waals surface area contributed by atoms with Crippen LogP contribution in [0, 0.1) is 5.92 Å². The van der Waals surface area contributed by atoms with E-state index >= 15 is 0 Å². The minimum absolute atomic E-state index is 0.0294. The van der Waals surface area contributed by atoms with Gasteiger partial charge in [-0.1, -0.05) is 13.8 Å². The molecule has 0 bridgehead atoms. The summed E-state index contributed by atoms with van der Waals surface area (Å²) in [5.74, 6) is 0.388. The molecule has 1 aromatic heterocycles. The van der Waals surface area contributed by atoms with Gasteiger partial charge in [-0.15, -0.1) is 0 Å². The van der Waals surface area contributed by atoms with Gasteiger partial charge in [-0.05, 0) is 38.5 Å². The Bertz CT molecular complexity index is 536. The number of aliphatic hydroxyl groups is 1. The molecule has 1 fully saturated rings. The van der Waals surface area contributed by atoms with E-state index in [2.05, 4.69) is 29.6 Å². The number of aryl methyl sites for hydroxylation is 2. The van der Waals surface area contributed by atoms with Gasteiger partial charge in [0.25, 0.3) is 0 Å². The van der Waals surface area contributed by atoms with Crippen LogP contribution in [0.5, 0.6) is 0 Å². The third-order valence-electron chi connectivity index (χ3n) is 4.66. The van der Waals surface area contributed by atoms with Crippen molar-refractivity contribution in [1.29, 1.82) is 0 Å². The standard InChI is InChI=1S/C16H28N4O2/c1-5-13-12(14(6-2)20(4)19-13)9-17-15(22)18-16(3,10-21)11-7-8-11/h11,21H,5-10H2,1-4H3,(H2,17,18,22). The van der Waals surface area contributed by atoms with Crippen LogP contribution >= 0.6 is 0 Å². The maximum Gasteiger partial charge on any atom is 0.315 e. The molecule has 2 rings (SSSR count). The number of nitrogens with zero attached hydrogens (tertiary/aromatic N) is 2. The molecule has 1 saturated carbocycles. The summed E-state index contributed by atoms with van der Waals surface area (Å²) < 4.78 is 1.90. The highest BCUT2D eigenvalue weighted by Crippen LogP contribution is 2.39. The fraction of sp³-hybridized carbons (Fsp3) is 0.750. The number of carbonyl (C=O) groups excluding carboxylic acids is 1. The molecule has 1 unspecified atom stereocenters. The van der Waals surface area contributed by atoms with E-state index in [0.29, 0.717) is 12.5 Å². The molecule has 6 nitrogen and oxygen atoms in total. The van der Waals surface area contributed by atoms with Gasteiger partial charge in [0.2, 0.25) is 0 Å². The van der Waals surface area contributed by atoms with Crippen LogP contribution in [-0.2, 0) is 26.4 Å². The summed E-state index contributed by atoms with van der Waals surface area (Å²) in [5, 5.41) is 19.9. The smallest absolute Gasteiger partial charge is 0.315 e. The highest BCUT2D eigenvalue weighted by Gasteiger charge is 2.42. The fourth-order valence-corrected chi connectivity index (χ4v) is 3.06. The molecule has 0 spiro atoms. The molecular formula is C16H28N4O2. The number of amides is 2. The molecule has 124 valence electrons. The third kappa shape index (κ3) is 3.43. The molecule has 3 N–H and O–H groups in total. The summed E-state index contributed by atoms with van der Waals surface area (Å²) >= 11 is 0. The van der Waals surface area contributed by atoms with E-state index in [4.69, 9.17) is 0 Å². The van der Waals surface area contributed by atoms with Crippen molar-refractivity contribution >= 4 is 6.03 Å². The van der Waals surface area contributed by atoms with Gasteiger partial charge in [0.05, 0.1) is 17.8 Å². The largest absolute Gasteiger partial charge is 0.394 e. The van der Waals surface area contributed by atoms with E-state index in [1.165, 1.54) is 0 Å². The zero-order valence-electron chi connectivity index (χ0n) is 14.1. The Morgan fingerprint density at radius 3 is 2.59 bits per heavy atom. The Kier molecular flexibility index (Phi) is 5.11. The SMILES string of the molecule is CCc1nn(C)c(CC)c1CNC(=O)NC(C)(CO)C1CC1. The number of hydrogen-bond donors (Lipinski definition) is 3. The molecule has 0 saturated heterocycles. The van der Waals surface area contributed by atoms with Crippen molar-refractivity contribution < 1.29 is 9.90 Å². The zero-order valence-corrected chi connectivity index (χ0v) is 14.1. The van der Waals surface area contributed by atoms with Crippen LogP contribution in [0.15, 0.2) is 0 Å². The van der Waals surface area contributed by atoms with Crippen molar-refractivity contribution in [3.05, 3.63) is 17.0 Å². The van der Waals surface area contributed by atoms with Crippen molar-refractivity contribution in [2.45, 2.75) is 58.5 Å². The first-order valence-electron chi connectivity index (χ1n) is 8.15. The molecule has 0 radical (unpaired) electrons. The summed E-state index contributed by atoms with van der Waals surface area (Å²) in [6.45, 7) is 6.51. The summed E-state index contributed by atoms with van der Waals surface area (Å²) in [6, 6.07) is -0.226. The first-order chi connectivity index (χ1) is 10.4. The average molecular weight is 308 g/mol. The predicted molar refractivity (Wildman–Crippen MR) is 85.6 cm³/mol. The van der Waals surface area contributed by atoms with Gasteiger partial charge in [0.15, 0.2) is 0 Å². The number of rotatable bonds is 7. The Labute approximate surface area is 132 Å². The van der Waals surface area contributed by atoms with Gasteiger partial charge in [0, 0.05) is 24.8 Å². The number of carbonyl (C=O) groups is 1. The van der Waals surface area contributed by atoms with Gasteiger partial charge >= 0.3 is 6.03 Å². The first-order valence-corrected chi connectivity index (χ1v) is 8.15. The van der Waals surface area contributed by atoms with Crippen molar-refractivity contribution in [2.24, 2.45) is 13.0 Å². The Morgan fingerprint density at radius 2 is 2.09 bits per heavy atom. The second kappa shape index (κ2) is 6.69. The highest BCUT2D eigenvalue weighted by molar-refractivity contribution is 5.75. The minimum atomic E-state index is -0.514. The lowest BCUT2D eigenvalue weighted by atomic mass is 9.97. The lowest BCUT2D eigenvalue weighted by Crippen LogP contribution is -2.54. The van der Waals surface area contributed by atoms with E-state index in [1.807, 2.05) is 18.7 Å². The average Bonchev–Trinajstić information content (AvgIpc) is 3.30. The van der Waals surface area contributed by atoms with Crippen LogP contribution < -0.4 is 10.6 Å². The molecule has 0 aromatic carbocycles. The number of urea groups is 1. The van der Waals surface area contributed by atoms with Gasteiger partial charge in [0.1, 0.15) is 0 Å². The predicted octanol–water partition coefficient (Wildman–Crippen LogP) is 1.51. The maximum atomic E-state index is 12.2. The third-order valence-corrected chi connectivity index (χ3v) is 4.66. The quantitative estimate of drug-likeness (QED) is 0.714. The Morgan fingerprint density at radius 1 is 1.41 bits per heavy atom. The maximum absolute atomic E-state index is 12.2. The van der Waals surface area contributed by atoms with Crippen molar-refractivity contribution in [3.63, 3.8) is 0 Å². The fourth-order valence-electron chi connectivity index (χ4n) is 3.06. The van der Waals surface area contributed by atoms with Gasteiger partial charge < -0.3 is 15.7 Å². The molecule has 1 atom stereocenters. The number of hydrogen-bond acceptors (Lipinski definition) is 3. The van der Waals surface area contributed by atoms with Crippen molar-refractivity contribution in [3.8, 4) is 0 Å². The van der Waals surface area contributed by atoms with E-state index in [9.17, 15) is 9.90 Å². The molecule has 1 aromatic rings.